The van der Waals surface area contributed by atoms with Gasteiger partial charge < -0.3 is 20.1 Å². The third-order valence-corrected chi connectivity index (χ3v) is 5.06. The lowest BCUT2D eigenvalue weighted by Gasteiger charge is -2.38. The second kappa shape index (κ2) is 10.4. The van der Waals surface area contributed by atoms with Crippen LogP contribution in [0.1, 0.15) is 25.5 Å². The average Bonchev–Trinajstić information content (AvgIpc) is 2.71. The molecule has 2 aromatic carbocycles. The highest BCUT2D eigenvalue weighted by Gasteiger charge is 2.28. The zero-order valence-electron chi connectivity index (χ0n) is 16.6. The summed E-state index contributed by atoms with van der Waals surface area (Å²) < 4.78 is 11.0. The third kappa shape index (κ3) is 5.67. The Morgan fingerprint density at radius 1 is 1.11 bits per heavy atom. The molecule has 1 heterocycles. The second-order valence-corrected chi connectivity index (χ2v) is 7.26. The van der Waals surface area contributed by atoms with Gasteiger partial charge in [0.15, 0.2) is 5.11 Å². The highest BCUT2D eigenvalue weighted by Crippen LogP contribution is 2.25. The van der Waals surface area contributed by atoms with Gasteiger partial charge in [-0.3, -0.25) is 4.90 Å². The van der Waals surface area contributed by atoms with E-state index in [9.17, 15) is 0 Å². The normalized spacial score (nSPS) is 16.8. The Balaban J connectivity index is 1.65. The molecule has 1 fully saturated rings. The van der Waals surface area contributed by atoms with Crippen LogP contribution >= 0.6 is 12.2 Å². The van der Waals surface area contributed by atoms with Gasteiger partial charge in [0.25, 0.3) is 0 Å². The molecule has 2 atom stereocenters. The van der Waals surface area contributed by atoms with Crippen LogP contribution in [0.3, 0.4) is 0 Å². The minimum Gasteiger partial charge on any atom is -0.494 e. The van der Waals surface area contributed by atoms with Crippen LogP contribution in [-0.4, -0.2) is 49.0 Å². The van der Waals surface area contributed by atoms with Gasteiger partial charge in [0.1, 0.15) is 5.75 Å². The third-order valence-electron chi connectivity index (χ3n) is 4.84. The van der Waals surface area contributed by atoms with Crippen molar-refractivity contribution in [2.45, 2.75) is 25.9 Å². The zero-order valence-corrected chi connectivity index (χ0v) is 17.4. The van der Waals surface area contributed by atoms with Crippen LogP contribution in [0, 0.1) is 0 Å². The van der Waals surface area contributed by atoms with Gasteiger partial charge in [-0.1, -0.05) is 30.3 Å². The Bertz CT molecular complexity index is 733. The lowest BCUT2D eigenvalue weighted by Crippen LogP contribution is -2.49. The number of ether oxygens (including phenoxy) is 2. The summed E-state index contributed by atoms with van der Waals surface area (Å²) in [6.45, 7) is 8.20. The monoisotopic (exact) mass is 399 g/mol. The topological polar surface area (TPSA) is 45.8 Å². The standard InChI is InChI=1S/C22H29N3O2S/c1-3-27-20-11-9-19(10-12-20)24-22(28)23-17(2)21(18-7-5-4-6-8-18)25-13-15-26-16-14-25/h4-12,17,21H,3,13-16H2,1-2H3,(H2,23,24,28)/t17-,21+/m1/s1. The van der Waals surface area contributed by atoms with Crippen LogP contribution in [0.15, 0.2) is 54.6 Å². The summed E-state index contributed by atoms with van der Waals surface area (Å²) in [6.07, 6.45) is 0. The molecular weight excluding hydrogens is 370 g/mol. The van der Waals surface area contributed by atoms with Crippen LogP contribution < -0.4 is 15.4 Å². The SMILES string of the molecule is CCOc1ccc(NC(=S)N[C@H](C)[C@@H](c2ccccc2)N2CCOCC2)cc1. The number of hydrogen-bond donors (Lipinski definition) is 2. The number of benzene rings is 2. The molecule has 0 spiro atoms. The minimum absolute atomic E-state index is 0.142. The lowest BCUT2D eigenvalue weighted by molar-refractivity contribution is 0.0102. The van der Waals surface area contributed by atoms with Gasteiger partial charge in [-0.2, -0.15) is 0 Å². The van der Waals surface area contributed by atoms with Crippen LogP contribution in [0.2, 0.25) is 0 Å². The minimum atomic E-state index is 0.142. The molecule has 0 saturated carbocycles. The van der Waals surface area contributed by atoms with Crippen molar-refractivity contribution in [3.05, 3.63) is 60.2 Å². The van der Waals surface area contributed by atoms with Crippen molar-refractivity contribution in [2.24, 2.45) is 0 Å². The van der Waals surface area contributed by atoms with Crippen molar-refractivity contribution in [2.75, 3.05) is 38.2 Å². The molecule has 5 nitrogen and oxygen atoms in total. The number of morpholine rings is 1. The molecule has 1 aliphatic rings. The number of anilines is 1. The van der Waals surface area contributed by atoms with Crippen molar-refractivity contribution in [1.29, 1.82) is 0 Å². The van der Waals surface area contributed by atoms with Crippen molar-refractivity contribution < 1.29 is 9.47 Å². The zero-order chi connectivity index (χ0) is 19.8. The van der Waals surface area contributed by atoms with Gasteiger partial charge >= 0.3 is 0 Å². The van der Waals surface area contributed by atoms with E-state index in [2.05, 4.69) is 52.8 Å². The summed E-state index contributed by atoms with van der Waals surface area (Å²) in [4.78, 5) is 2.47. The van der Waals surface area contributed by atoms with E-state index in [-0.39, 0.29) is 12.1 Å². The molecule has 1 aliphatic heterocycles. The fourth-order valence-electron chi connectivity index (χ4n) is 3.58. The molecule has 6 heteroatoms. The predicted molar refractivity (Wildman–Crippen MR) is 118 cm³/mol. The smallest absolute Gasteiger partial charge is 0.171 e. The first kappa shape index (κ1) is 20.6. The molecule has 3 rings (SSSR count). The highest BCUT2D eigenvalue weighted by molar-refractivity contribution is 7.80. The molecule has 0 amide bonds. The van der Waals surface area contributed by atoms with Crippen LogP contribution in [0.25, 0.3) is 0 Å². The lowest BCUT2D eigenvalue weighted by atomic mass is 9.98. The predicted octanol–water partition coefficient (Wildman–Crippen LogP) is 3.83. The number of nitrogens with zero attached hydrogens (tertiary/aromatic N) is 1. The Morgan fingerprint density at radius 3 is 2.43 bits per heavy atom. The van der Waals surface area contributed by atoms with Crippen molar-refractivity contribution in [3.63, 3.8) is 0 Å². The Kier molecular flexibility index (Phi) is 7.65. The molecule has 28 heavy (non-hydrogen) atoms. The van der Waals surface area contributed by atoms with E-state index in [0.29, 0.717) is 11.7 Å². The summed E-state index contributed by atoms with van der Waals surface area (Å²) in [6, 6.07) is 18.8. The fraction of sp³-hybridized carbons (Fsp3) is 0.409. The molecule has 1 saturated heterocycles. The number of thiocarbonyl (C=S) groups is 1. The number of rotatable bonds is 7. The van der Waals surface area contributed by atoms with Crippen LogP contribution in [0.5, 0.6) is 5.75 Å². The summed E-state index contributed by atoms with van der Waals surface area (Å²) in [7, 11) is 0. The van der Waals surface area contributed by atoms with Crippen molar-refractivity contribution in [1.82, 2.24) is 10.2 Å². The van der Waals surface area contributed by atoms with E-state index >= 15 is 0 Å². The van der Waals surface area contributed by atoms with Crippen molar-refractivity contribution in [3.8, 4) is 5.75 Å². The molecule has 0 aliphatic carbocycles. The Morgan fingerprint density at radius 2 is 1.79 bits per heavy atom. The van der Waals surface area contributed by atoms with Crippen molar-refractivity contribution >= 4 is 23.0 Å². The quantitative estimate of drug-likeness (QED) is 0.690. The fourth-order valence-corrected chi connectivity index (χ4v) is 3.88. The Labute approximate surface area is 173 Å². The van der Waals surface area contributed by atoms with E-state index in [4.69, 9.17) is 21.7 Å². The maximum absolute atomic E-state index is 5.57. The van der Waals surface area contributed by atoms with Crippen LogP contribution in [0.4, 0.5) is 5.69 Å². The van der Waals surface area contributed by atoms with E-state index in [1.54, 1.807) is 0 Å². The van der Waals surface area contributed by atoms with Gasteiger partial charge in [0, 0.05) is 24.8 Å². The molecule has 0 bridgehead atoms. The number of nitrogens with one attached hydrogen (secondary N) is 2. The molecule has 0 radical (unpaired) electrons. The molecule has 0 unspecified atom stereocenters. The van der Waals surface area contributed by atoms with Crippen LogP contribution in [-0.2, 0) is 4.74 Å². The van der Waals surface area contributed by atoms with E-state index < -0.39 is 0 Å². The largest absolute Gasteiger partial charge is 0.494 e. The number of hydrogen-bond acceptors (Lipinski definition) is 4. The molecule has 0 aromatic heterocycles. The summed E-state index contributed by atoms with van der Waals surface area (Å²) >= 11 is 5.57. The van der Waals surface area contributed by atoms with Gasteiger partial charge in [0.2, 0.25) is 0 Å². The van der Waals surface area contributed by atoms with Gasteiger partial charge in [-0.15, -0.1) is 0 Å². The summed E-state index contributed by atoms with van der Waals surface area (Å²) in [5.41, 5.74) is 2.23. The molecule has 2 aromatic rings. The summed E-state index contributed by atoms with van der Waals surface area (Å²) in [5, 5.41) is 7.36. The van der Waals surface area contributed by atoms with E-state index in [1.165, 1.54) is 5.56 Å². The molecule has 150 valence electrons. The second-order valence-electron chi connectivity index (χ2n) is 6.85. The van der Waals surface area contributed by atoms with E-state index in [0.717, 1.165) is 37.7 Å². The van der Waals surface area contributed by atoms with Gasteiger partial charge in [-0.05, 0) is 55.9 Å². The maximum Gasteiger partial charge on any atom is 0.171 e. The highest BCUT2D eigenvalue weighted by atomic mass is 32.1. The first-order valence-corrected chi connectivity index (χ1v) is 10.3. The molecule has 2 N–H and O–H groups in total. The first-order chi connectivity index (χ1) is 13.7. The van der Waals surface area contributed by atoms with Gasteiger partial charge in [-0.25, -0.2) is 0 Å². The molecular formula is C22H29N3O2S. The summed E-state index contributed by atoms with van der Waals surface area (Å²) in [5.74, 6) is 0.858. The maximum atomic E-state index is 5.57. The average molecular weight is 400 g/mol. The van der Waals surface area contributed by atoms with E-state index in [1.807, 2.05) is 31.2 Å². The van der Waals surface area contributed by atoms with Gasteiger partial charge in [0.05, 0.1) is 25.9 Å². The Hall–Kier alpha value is -2.15. The first-order valence-electron chi connectivity index (χ1n) is 9.84.